The molecule has 1 aromatic heterocycles. The molecule has 0 aromatic carbocycles. The van der Waals surface area contributed by atoms with E-state index in [2.05, 4.69) is 15.3 Å². The van der Waals surface area contributed by atoms with Gasteiger partial charge in [-0.25, -0.2) is 9.97 Å². The van der Waals surface area contributed by atoms with Crippen LogP contribution in [0.25, 0.3) is 0 Å². The minimum absolute atomic E-state index is 0.351. The number of nitrogen functional groups attached to an aromatic ring is 1. The highest BCUT2D eigenvalue weighted by Gasteiger charge is 2.15. The number of hydrogen-bond donors (Lipinski definition) is 2. The molecule has 3 N–H and O–H groups in total. The van der Waals surface area contributed by atoms with Gasteiger partial charge in [-0.05, 0) is 13.3 Å². The first-order chi connectivity index (χ1) is 6.74. The number of nitrogens with one attached hydrogen (secondary N) is 1. The second-order valence-corrected chi connectivity index (χ2v) is 3.43. The molecule has 0 aliphatic carbocycles. The molecule has 1 aromatic rings. The Morgan fingerprint density at radius 1 is 1.57 bits per heavy atom. The monoisotopic (exact) mass is 194 g/mol. The number of nitrogens with two attached hydrogens (primary N) is 1. The van der Waals surface area contributed by atoms with E-state index in [1.165, 1.54) is 0 Å². The van der Waals surface area contributed by atoms with Crippen LogP contribution in [0.15, 0.2) is 6.07 Å². The molecule has 1 fully saturated rings. The van der Waals surface area contributed by atoms with Crippen LogP contribution in [0.1, 0.15) is 12.2 Å². The van der Waals surface area contributed by atoms with Crippen molar-refractivity contribution in [2.75, 3.05) is 24.3 Å². The van der Waals surface area contributed by atoms with E-state index in [1.807, 2.05) is 6.92 Å². The van der Waals surface area contributed by atoms with E-state index >= 15 is 0 Å². The average molecular weight is 194 g/mol. The Balaban J connectivity index is 2.07. The summed E-state index contributed by atoms with van der Waals surface area (Å²) in [5.74, 6) is 1.97. The van der Waals surface area contributed by atoms with Crippen LogP contribution in [0.2, 0.25) is 0 Å². The van der Waals surface area contributed by atoms with Crippen molar-refractivity contribution in [3.8, 4) is 0 Å². The van der Waals surface area contributed by atoms with Gasteiger partial charge in [0.1, 0.15) is 17.5 Å². The van der Waals surface area contributed by atoms with Crippen LogP contribution in [0.4, 0.5) is 11.6 Å². The molecule has 14 heavy (non-hydrogen) atoms. The Bertz CT molecular complexity index is 302. The van der Waals surface area contributed by atoms with Gasteiger partial charge in [-0.3, -0.25) is 0 Å². The molecular weight excluding hydrogens is 180 g/mol. The van der Waals surface area contributed by atoms with Gasteiger partial charge in [0.2, 0.25) is 0 Å². The van der Waals surface area contributed by atoms with Crippen molar-refractivity contribution in [2.45, 2.75) is 19.4 Å². The highest BCUT2D eigenvalue weighted by atomic mass is 16.5. The third kappa shape index (κ3) is 2.11. The lowest BCUT2D eigenvalue weighted by Crippen LogP contribution is -2.20. The quantitative estimate of drug-likeness (QED) is 0.720. The van der Waals surface area contributed by atoms with Crippen LogP contribution in [-0.2, 0) is 4.74 Å². The summed E-state index contributed by atoms with van der Waals surface area (Å²) in [6, 6.07) is 2.09. The third-order valence-corrected chi connectivity index (χ3v) is 2.14. The molecule has 1 aliphatic heterocycles. The van der Waals surface area contributed by atoms with Gasteiger partial charge in [-0.2, -0.15) is 0 Å². The van der Waals surface area contributed by atoms with E-state index in [-0.39, 0.29) is 0 Å². The van der Waals surface area contributed by atoms with Crippen molar-refractivity contribution in [3.63, 3.8) is 0 Å². The standard InChI is InChI=1S/C9H14N4O/c1-6-11-8(10)4-9(12-6)13-7-2-3-14-5-7/h4,7H,2-3,5H2,1H3,(H3,10,11,12,13). The number of anilines is 2. The summed E-state index contributed by atoms with van der Waals surface area (Å²) in [5.41, 5.74) is 5.61. The lowest BCUT2D eigenvalue weighted by atomic mass is 10.2. The molecule has 0 radical (unpaired) electrons. The van der Waals surface area contributed by atoms with Crippen LogP contribution >= 0.6 is 0 Å². The van der Waals surface area contributed by atoms with Crippen molar-refractivity contribution in [3.05, 3.63) is 11.9 Å². The van der Waals surface area contributed by atoms with Gasteiger partial charge in [0.25, 0.3) is 0 Å². The number of nitrogens with zero attached hydrogens (tertiary/aromatic N) is 2. The Morgan fingerprint density at radius 3 is 3.07 bits per heavy atom. The molecular formula is C9H14N4O. The van der Waals surface area contributed by atoms with E-state index in [9.17, 15) is 0 Å². The maximum Gasteiger partial charge on any atom is 0.132 e. The van der Waals surface area contributed by atoms with Gasteiger partial charge in [0.15, 0.2) is 0 Å². The maximum absolute atomic E-state index is 5.61. The predicted molar refractivity (Wildman–Crippen MR) is 54.0 cm³/mol. The molecule has 0 amide bonds. The summed E-state index contributed by atoms with van der Waals surface area (Å²) < 4.78 is 5.25. The van der Waals surface area contributed by atoms with Crippen molar-refractivity contribution in [2.24, 2.45) is 0 Å². The minimum Gasteiger partial charge on any atom is -0.384 e. The van der Waals surface area contributed by atoms with Gasteiger partial charge < -0.3 is 15.8 Å². The van der Waals surface area contributed by atoms with Gasteiger partial charge in [-0.1, -0.05) is 0 Å². The minimum atomic E-state index is 0.351. The topological polar surface area (TPSA) is 73.1 Å². The second-order valence-electron chi connectivity index (χ2n) is 3.43. The summed E-state index contributed by atoms with van der Waals surface area (Å²) in [6.07, 6.45) is 1.02. The maximum atomic E-state index is 5.61. The molecule has 0 saturated carbocycles. The lowest BCUT2D eigenvalue weighted by molar-refractivity contribution is 0.195. The van der Waals surface area contributed by atoms with Crippen molar-refractivity contribution in [1.82, 2.24) is 9.97 Å². The van der Waals surface area contributed by atoms with Crippen LogP contribution in [0.3, 0.4) is 0 Å². The Morgan fingerprint density at radius 2 is 2.43 bits per heavy atom. The highest BCUT2D eigenvalue weighted by molar-refractivity contribution is 5.45. The van der Waals surface area contributed by atoms with E-state index < -0.39 is 0 Å². The van der Waals surface area contributed by atoms with Gasteiger partial charge >= 0.3 is 0 Å². The SMILES string of the molecule is Cc1nc(N)cc(NC2CCOC2)n1. The fraction of sp³-hybridized carbons (Fsp3) is 0.556. The largest absolute Gasteiger partial charge is 0.384 e. The molecule has 1 unspecified atom stereocenters. The van der Waals surface area contributed by atoms with Crippen LogP contribution < -0.4 is 11.1 Å². The van der Waals surface area contributed by atoms with Gasteiger partial charge in [-0.15, -0.1) is 0 Å². The van der Waals surface area contributed by atoms with Crippen molar-refractivity contribution < 1.29 is 4.74 Å². The first kappa shape index (κ1) is 9.21. The first-order valence-electron chi connectivity index (χ1n) is 4.69. The molecule has 1 atom stereocenters. The van der Waals surface area contributed by atoms with Crippen LogP contribution in [0, 0.1) is 6.92 Å². The summed E-state index contributed by atoms with van der Waals surface area (Å²) in [4.78, 5) is 8.24. The van der Waals surface area contributed by atoms with Crippen molar-refractivity contribution in [1.29, 1.82) is 0 Å². The summed E-state index contributed by atoms with van der Waals surface area (Å²) in [5, 5.41) is 3.27. The van der Waals surface area contributed by atoms with E-state index in [0.29, 0.717) is 17.7 Å². The van der Waals surface area contributed by atoms with Gasteiger partial charge in [0, 0.05) is 12.7 Å². The van der Waals surface area contributed by atoms with Crippen LogP contribution in [-0.4, -0.2) is 29.2 Å². The number of aromatic nitrogens is 2. The van der Waals surface area contributed by atoms with Crippen molar-refractivity contribution >= 4 is 11.6 Å². The lowest BCUT2D eigenvalue weighted by Gasteiger charge is -2.11. The summed E-state index contributed by atoms with van der Waals surface area (Å²) in [7, 11) is 0. The predicted octanol–water partition coefficient (Wildman–Crippen LogP) is 0.568. The van der Waals surface area contributed by atoms with E-state index in [4.69, 9.17) is 10.5 Å². The van der Waals surface area contributed by atoms with E-state index in [1.54, 1.807) is 6.07 Å². The molecule has 1 aliphatic rings. The molecule has 76 valence electrons. The van der Waals surface area contributed by atoms with Gasteiger partial charge in [0.05, 0.1) is 12.6 Å². The zero-order valence-electron chi connectivity index (χ0n) is 8.16. The third-order valence-electron chi connectivity index (χ3n) is 2.14. The molecule has 1 saturated heterocycles. The Kier molecular flexibility index (Phi) is 2.49. The Labute approximate surface area is 82.7 Å². The van der Waals surface area contributed by atoms with E-state index in [0.717, 1.165) is 25.5 Å². The zero-order valence-corrected chi connectivity index (χ0v) is 8.16. The summed E-state index contributed by atoms with van der Waals surface area (Å²) >= 11 is 0. The average Bonchev–Trinajstić information content (AvgIpc) is 2.54. The Hall–Kier alpha value is -1.36. The molecule has 2 rings (SSSR count). The first-order valence-corrected chi connectivity index (χ1v) is 4.69. The zero-order chi connectivity index (χ0) is 9.97. The molecule has 0 spiro atoms. The summed E-state index contributed by atoms with van der Waals surface area (Å²) in [6.45, 7) is 3.38. The fourth-order valence-electron chi connectivity index (χ4n) is 1.52. The number of rotatable bonds is 2. The van der Waals surface area contributed by atoms with Crippen LogP contribution in [0.5, 0.6) is 0 Å². The molecule has 2 heterocycles. The fourth-order valence-corrected chi connectivity index (χ4v) is 1.52. The molecule has 0 bridgehead atoms. The molecule has 5 nitrogen and oxygen atoms in total. The number of ether oxygens (including phenoxy) is 1. The second kappa shape index (κ2) is 3.79. The smallest absolute Gasteiger partial charge is 0.132 e. The molecule has 5 heteroatoms. The highest BCUT2D eigenvalue weighted by Crippen LogP contribution is 2.13. The number of hydrogen-bond acceptors (Lipinski definition) is 5. The normalized spacial score (nSPS) is 21.1. The number of aryl methyl sites for hydroxylation is 1.